The normalized spacial score (nSPS) is 13.5. The van der Waals surface area contributed by atoms with Crippen LogP contribution in [0.5, 0.6) is 0 Å². The van der Waals surface area contributed by atoms with Gasteiger partial charge >= 0.3 is 12.1 Å². The first-order chi connectivity index (χ1) is 18.1. The minimum atomic E-state index is -0.584. The maximum absolute atomic E-state index is 12.4. The van der Waals surface area contributed by atoms with Gasteiger partial charge in [0.15, 0.2) is 18.0 Å². The van der Waals surface area contributed by atoms with E-state index in [0.717, 1.165) is 40.7 Å². The molecular formula is C30H28N2O5. The minimum Gasteiger partial charge on any atom is -0.465 e. The van der Waals surface area contributed by atoms with Gasteiger partial charge in [-0.2, -0.15) is 4.98 Å². The number of nitrogens with zero attached hydrogens (tertiary/aromatic N) is 1. The van der Waals surface area contributed by atoms with Crippen molar-refractivity contribution in [1.82, 2.24) is 4.98 Å². The van der Waals surface area contributed by atoms with E-state index >= 15 is 0 Å². The van der Waals surface area contributed by atoms with Crippen LogP contribution in [0.15, 0.2) is 89.7 Å². The molecule has 1 fully saturated rings. The van der Waals surface area contributed by atoms with Crippen LogP contribution in [-0.2, 0) is 26.1 Å². The smallest absolute Gasteiger partial charge is 0.412 e. The monoisotopic (exact) mass is 496 g/mol. The Morgan fingerprint density at radius 1 is 0.892 bits per heavy atom. The summed E-state index contributed by atoms with van der Waals surface area (Å²) in [5, 5.41) is 2.66. The van der Waals surface area contributed by atoms with E-state index in [9.17, 15) is 9.59 Å². The lowest BCUT2D eigenvalue weighted by atomic mass is 9.93. The van der Waals surface area contributed by atoms with Crippen LogP contribution in [0.2, 0.25) is 0 Å². The molecule has 1 aliphatic carbocycles. The van der Waals surface area contributed by atoms with Gasteiger partial charge in [-0.25, -0.2) is 4.79 Å². The number of aromatic nitrogens is 1. The molecule has 0 bridgehead atoms. The van der Waals surface area contributed by atoms with Gasteiger partial charge in [0.2, 0.25) is 0 Å². The molecule has 0 aliphatic heterocycles. The van der Waals surface area contributed by atoms with Gasteiger partial charge in [0, 0.05) is 12.0 Å². The topological polar surface area (TPSA) is 90.7 Å². The third kappa shape index (κ3) is 5.40. The molecule has 0 spiro atoms. The molecule has 1 N–H and O–H groups in total. The van der Waals surface area contributed by atoms with E-state index in [1.54, 1.807) is 0 Å². The summed E-state index contributed by atoms with van der Waals surface area (Å²) >= 11 is 0. The molecule has 7 heteroatoms. The molecule has 0 unspecified atom stereocenters. The first kappa shape index (κ1) is 24.3. The number of anilines is 1. The Morgan fingerprint density at radius 2 is 1.54 bits per heavy atom. The van der Waals surface area contributed by atoms with Crippen LogP contribution >= 0.6 is 0 Å². The van der Waals surface area contributed by atoms with Crippen molar-refractivity contribution in [2.45, 2.75) is 31.6 Å². The third-order valence-corrected chi connectivity index (χ3v) is 6.59. The zero-order chi connectivity index (χ0) is 25.7. The summed E-state index contributed by atoms with van der Waals surface area (Å²) in [5.41, 5.74) is 4.45. The van der Waals surface area contributed by atoms with Gasteiger partial charge in [-0.1, -0.05) is 78.9 Å². The maximum Gasteiger partial charge on any atom is 0.412 e. The van der Waals surface area contributed by atoms with E-state index in [-0.39, 0.29) is 12.6 Å². The summed E-state index contributed by atoms with van der Waals surface area (Å²) in [4.78, 5) is 28.8. The molecule has 1 aromatic heterocycles. The fraction of sp³-hybridized carbons (Fsp3) is 0.233. The summed E-state index contributed by atoms with van der Waals surface area (Å²) in [6, 6.07) is 25.7. The van der Waals surface area contributed by atoms with Gasteiger partial charge in [-0.3, -0.25) is 10.1 Å². The Kier molecular flexibility index (Phi) is 7.03. The van der Waals surface area contributed by atoms with Gasteiger partial charge in [0.05, 0.1) is 18.6 Å². The van der Waals surface area contributed by atoms with Gasteiger partial charge in [0.1, 0.15) is 0 Å². The van der Waals surface area contributed by atoms with Crippen LogP contribution in [0.1, 0.15) is 30.9 Å². The van der Waals surface area contributed by atoms with Crippen molar-refractivity contribution in [3.05, 3.63) is 96.4 Å². The number of oxazole rings is 1. The van der Waals surface area contributed by atoms with E-state index in [1.165, 1.54) is 6.39 Å². The van der Waals surface area contributed by atoms with Crippen molar-refractivity contribution < 1.29 is 23.5 Å². The molecular weight excluding hydrogens is 468 g/mol. The number of hydrogen-bond donors (Lipinski definition) is 1. The SMILES string of the molecule is CCOC(=O)C1(c2ccc(-c3ccc(-c4ocnc4NC(=O)OCCc4ccccc4)cc3)cc2)CC1. The number of carbonyl (C=O) groups excluding carboxylic acids is 2. The van der Waals surface area contributed by atoms with Crippen molar-refractivity contribution >= 4 is 17.9 Å². The Morgan fingerprint density at radius 3 is 2.19 bits per heavy atom. The Hall–Kier alpha value is -4.39. The Labute approximate surface area is 215 Å². The number of rotatable bonds is 9. The predicted octanol–water partition coefficient (Wildman–Crippen LogP) is 6.39. The summed E-state index contributed by atoms with van der Waals surface area (Å²) in [5.74, 6) is 0.617. The summed E-state index contributed by atoms with van der Waals surface area (Å²) in [6.45, 7) is 2.48. The quantitative estimate of drug-likeness (QED) is 0.270. The van der Waals surface area contributed by atoms with Gasteiger partial charge in [-0.05, 0) is 42.0 Å². The highest BCUT2D eigenvalue weighted by Gasteiger charge is 2.52. The van der Waals surface area contributed by atoms with Crippen LogP contribution in [0.4, 0.5) is 10.6 Å². The minimum absolute atomic E-state index is 0.136. The highest BCUT2D eigenvalue weighted by atomic mass is 16.5. The molecule has 7 nitrogen and oxygen atoms in total. The second-order valence-corrected chi connectivity index (χ2v) is 8.98. The molecule has 5 rings (SSSR count). The van der Waals surface area contributed by atoms with Crippen molar-refractivity contribution in [2.24, 2.45) is 0 Å². The average molecular weight is 497 g/mol. The first-order valence-corrected chi connectivity index (χ1v) is 12.4. The van der Waals surface area contributed by atoms with E-state index in [0.29, 0.717) is 24.6 Å². The first-order valence-electron chi connectivity index (χ1n) is 12.4. The number of carbonyl (C=O) groups is 2. The number of nitrogens with one attached hydrogen (secondary N) is 1. The molecule has 1 amide bonds. The zero-order valence-electron chi connectivity index (χ0n) is 20.6. The fourth-order valence-corrected chi connectivity index (χ4v) is 4.38. The van der Waals surface area contributed by atoms with Gasteiger partial charge in [-0.15, -0.1) is 0 Å². The van der Waals surface area contributed by atoms with Crippen LogP contribution in [0, 0.1) is 0 Å². The van der Waals surface area contributed by atoms with Crippen LogP contribution in [-0.4, -0.2) is 30.3 Å². The Bertz CT molecular complexity index is 1360. The molecule has 1 aliphatic rings. The lowest BCUT2D eigenvalue weighted by Crippen LogP contribution is -2.23. The molecule has 37 heavy (non-hydrogen) atoms. The van der Waals surface area contributed by atoms with E-state index in [4.69, 9.17) is 13.9 Å². The van der Waals surface area contributed by atoms with E-state index in [2.05, 4.69) is 10.3 Å². The number of esters is 1. The fourth-order valence-electron chi connectivity index (χ4n) is 4.38. The van der Waals surface area contributed by atoms with Crippen molar-refractivity contribution in [2.75, 3.05) is 18.5 Å². The van der Waals surface area contributed by atoms with E-state index in [1.807, 2.05) is 85.8 Å². The Balaban J connectivity index is 1.21. The molecule has 188 valence electrons. The molecule has 4 aromatic rings. The van der Waals surface area contributed by atoms with Crippen molar-refractivity contribution in [3.8, 4) is 22.5 Å². The zero-order valence-corrected chi connectivity index (χ0v) is 20.6. The largest absolute Gasteiger partial charge is 0.465 e. The van der Waals surface area contributed by atoms with Crippen LogP contribution in [0.3, 0.4) is 0 Å². The standard InChI is InChI=1S/C30H28N2O5/c1-2-35-28(33)30(17-18-30)25-14-12-23(13-15-25)22-8-10-24(11-9-22)26-27(31-20-37-26)32-29(34)36-19-16-21-6-4-3-5-7-21/h3-15,20H,2,16-19H2,1H3,(H,32,34). The predicted molar refractivity (Wildman–Crippen MR) is 140 cm³/mol. The average Bonchev–Trinajstić information content (AvgIpc) is 3.62. The maximum atomic E-state index is 12.4. The lowest BCUT2D eigenvalue weighted by Gasteiger charge is -2.14. The number of amides is 1. The molecule has 0 atom stereocenters. The molecule has 0 saturated heterocycles. The second kappa shape index (κ2) is 10.7. The summed E-state index contributed by atoms with van der Waals surface area (Å²) in [6.07, 6.45) is 2.99. The number of benzene rings is 3. The summed E-state index contributed by atoms with van der Waals surface area (Å²) in [7, 11) is 0. The highest BCUT2D eigenvalue weighted by Crippen LogP contribution is 2.49. The van der Waals surface area contributed by atoms with E-state index < -0.39 is 11.5 Å². The number of hydrogen-bond acceptors (Lipinski definition) is 6. The van der Waals surface area contributed by atoms with Crippen molar-refractivity contribution in [3.63, 3.8) is 0 Å². The van der Waals surface area contributed by atoms with Gasteiger partial charge < -0.3 is 13.9 Å². The molecule has 0 radical (unpaired) electrons. The molecule has 1 heterocycles. The van der Waals surface area contributed by atoms with Crippen LogP contribution < -0.4 is 5.32 Å². The molecule has 1 saturated carbocycles. The van der Waals surface area contributed by atoms with Gasteiger partial charge in [0.25, 0.3) is 0 Å². The van der Waals surface area contributed by atoms with Crippen LogP contribution in [0.25, 0.3) is 22.5 Å². The highest BCUT2D eigenvalue weighted by molar-refractivity contribution is 5.88. The van der Waals surface area contributed by atoms with Crippen molar-refractivity contribution in [1.29, 1.82) is 0 Å². The summed E-state index contributed by atoms with van der Waals surface area (Å²) < 4.78 is 16.1. The lowest BCUT2D eigenvalue weighted by molar-refractivity contribution is -0.146. The third-order valence-electron chi connectivity index (χ3n) is 6.59. The second-order valence-electron chi connectivity index (χ2n) is 8.98. The number of ether oxygens (including phenoxy) is 2. The molecule has 3 aromatic carbocycles.